The van der Waals surface area contributed by atoms with E-state index in [4.69, 9.17) is 9.47 Å². The van der Waals surface area contributed by atoms with Gasteiger partial charge in [0.25, 0.3) is 11.6 Å². The zero-order chi connectivity index (χ0) is 21.6. The number of hydrogen-bond acceptors (Lipinski definition) is 6. The number of nitro groups is 1. The van der Waals surface area contributed by atoms with Crippen molar-refractivity contribution in [2.24, 2.45) is 0 Å². The van der Waals surface area contributed by atoms with Crippen LogP contribution in [0.3, 0.4) is 0 Å². The number of nitro benzene ring substituents is 1. The zero-order valence-corrected chi connectivity index (χ0v) is 18.1. The molecule has 0 saturated carbocycles. The number of hydrogen-bond donors (Lipinski definition) is 1. The van der Waals surface area contributed by atoms with E-state index in [0.29, 0.717) is 29.2 Å². The molecule has 0 fully saturated rings. The minimum atomic E-state index is -0.667. The summed E-state index contributed by atoms with van der Waals surface area (Å²) in [6, 6.07) is 9.43. The van der Waals surface area contributed by atoms with Gasteiger partial charge >= 0.3 is 0 Å². The predicted octanol–water partition coefficient (Wildman–Crippen LogP) is 4.46. The molecule has 0 heterocycles. The van der Waals surface area contributed by atoms with Crippen molar-refractivity contribution in [3.8, 4) is 17.6 Å². The number of non-ortho nitro benzene ring substituents is 1. The lowest BCUT2D eigenvalue weighted by molar-refractivity contribution is -0.384. The average Bonchev–Trinajstić information content (AvgIpc) is 2.67. The Morgan fingerprint density at radius 3 is 2.69 bits per heavy atom. The fourth-order valence-corrected chi connectivity index (χ4v) is 3.34. The molecule has 150 valence electrons. The van der Waals surface area contributed by atoms with Crippen LogP contribution in [0.1, 0.15) is 18.1 Å². The molecule has 2 aromatic rings. The van der Waals surface area contributed by atoms with Gasteiger partial charge in [-0.05, 0) is 65.8 Å². The average molecular weight is 507 g/mol. The van der Waals surface area contributed by atoms with Crippen LogP contribution in [0.4, 0.5) is 11.4 Å². The second-order valence-corrected chi connectivity index (χ2v) is 7.01. The number of amides is 1. The van der Waals surface area contributed by atoms with Crippen molar-refractivity contribution in [2.75, 3.05) is 19.0 Å². The van der Waals surface area contributed by atoms with Gasteiger partial charge in [0.15, 0.2) is 11.5 Å². The van der Waals surface area contributed by atoms with E-state index in [1.807, 2.05) is 13.0 Å². The van der Waals surface area contributed by atoms with Crippen LogP contribution < -0.4 is 14.8 Å². The van der Waals surface area contributed by atoms with Crippen molar-refractivity contribution in [1.29, 1.82) is 5.26 Å². The summed E-state index contributed by atoms with van der Waals surface area (Å²) in [5.74, 6) is 0.403. The fourth-order valence-electron chi connectivity index (χ4n) is 2.50. The summed E-state index contributed by atoms with van der Waals surface area (Å²) in [6.45, 7) is 3.97. The Hall–Kier alpha value is -3.13. The van der Waals surface area contributed by atoms with E-state index in [0.717, 1.165) is 3.57 Å². The molecule has 0 bridgehead atoms. The molecule has 1 N–H and O–H groups in total. The highest BCUT2D eigenvalue weighted by Crippen LogP contribution is 2.34. The molecule has 0 radical (unpaired) electrons. The third-order valence-corrected chi connectivity index (χ3v) is 4.69. The number of carbonyl (C=O) groups is 1. The van der Waals surface area contributed by atoms with Gasteiger partial charge in [-0.25, -0.2) is 0 Å². The van der Waals surface area contributed by atoms with Gasteiger partial charge in [0.1, 0.15) is 11.6 Å². The first-order valence-corrected chi connectivity index (χ1v) is 9.57. The molecule has 0 saturated heterocycles. The third-order valence-electron chi connectivity index (χ3n) is 3.89. The Labute approximate surface area is 181 Å². The number of nitrogens with one attached hydrogen (secondary N) is 1. The van der Waals surface area contributed by atoms with Crippen LogP contribution in [-0.2, 0) is 4.79 Å². The van der Waals surface area contributed by atoms with Crippen LogP contribution in [0.25, 0.3) is 6.08 Å². The number of carbonyl (C=O) groups excluding carboxylic acids is 1. The third kappa shape index (κ3) is 5.45. The standard InChI is InChI=1S/C20H18IN3O5/c1-4-29-18-9-13(8-16(21)19(18)28-3)7-14(11-22)20(25)23-17-10-15(24(26)27)6-5-12(17)2/h5-10H,4H2,1-3H3,(H,23,25)/b14-7+. The first-order chi connectivity index (χ1) is 13.8. The van der Waals surface area contributed by atoms with Gasteiger partial charge in [0.05, 0.1) is 27.9 Å². The molecule has 0 aliphatic heterocycles. The number of aryl methyl sites for hydroxylation is 1. The van der Waals surface area contributed by atoms with Crippen molar-refractivity contribution < 1.29 is 19.2 Å². The van der Waals surface area contributed by atoms with Crippen LogP contribution in [0.2, 0.25) is 0 Å². The zero-order valence-electron chi connectivity index (χ0n) is 16.0. The summed E-state index contributed by atoms with van der Waals surface area (Å²) in [4.78, 5) is 23.0. The van der Waals surface area contributed by atoms with E-state index < -0.39 is 10.8 Å². The van der Waals surface area contributed by atoms with E-state index in [2.05, 4.69) is 27.9 Å². The molecule has 2 aromatic carbocycles. The summed E-state index contributed by atoms with van der Waals surface area (Å²) in [6.07, 6.45) is 1.42. The van der Waals surface area contributed by atoms with E-state index >= 15 is 0 Å². The molecule has 1 amide bonds. The molecule has 0 unspecified atom stereocenters. The molecule has 2 rings (SSSR count). The number of methoxy groups -OCH3 is 1. The number of nitriles is 1. The first-order valence-electron chi connectivity index (χ1n) is 8.49. The normalized spacial score (nSPS) is 10.8. The van der Waals surface area contributed by atoms with Crippen molar-refractivity contribution in [3.05, 3.63) is 60.7 Å². The number of benzene rings is 2. The van der Waals surface area contributed by atoms with Gasteiger partial charge in [0, 0.05) is 12.1 Å². The molecule has 0 aliphatic rings. The van der Waals surface area contributed by atoms with E-state index in [9.17, 15) is 20.2 Å². The van der Waals surface area contributed by atoms with Crippen LogP contribution in [0, 0.1) is 31.9 Å². The summed E-state index contributed by atoms with van der Waals surface area (Å²) < 4.78 is 11.7. The highest BCUT2D eigenvalue weighted by atomic mass is 127. The fraction of sp³-hybridized carbons (Fsp3) is 0.200. The largest absolute Gasteiger partial charge is 0.492 e. The smallest absolute Gasteiger partial charge is 0.271 e. The van der Waals surface area contributed by atoms with Gasteiger partial charge < -0.3 is 14.8 Å². The maximum absolute atomic E-state index is 12.6. The topological polar surface area (TPSA) is 114 Å². The summed E-state index contributed by atoms with van der Waals surface area (Å²) in [5.41, 5.74) is 1.18. The lowest BCUT2D eigenvalue weighted by Gasteiger charge is -2.12. The Balaban J connectivity index is 2.37. The second kappa shape index (κ2) is 9.88. The van der Waals surface area contributed by atoms with Crippen molar-refractivity contribution >= 4 is 45.9 Å². The Bertz CT molecular complexity index is 1030. The second-order valence-electron chi connectivity index (χ2n) is 5.85. The molecule has 29 heavy (non-hydrogen) atoms. The van der Waals surface area contributed by atoms with Crippen LogP contribution in [0.5, 0.6) is 11.5 Å². The quantitative estimate of drug-likeness (QED) is 0.195. The number of nitrogens with zero attached hydrogens (tertiary/aromatic N) is 2. The van der Waals surface area contributed by atoms with Gasteiger partial charge in [-0.1, -0.05) is 6.07 Å². The van der Waals surface area contributed by atoms with E-state index in [1.54, 1.807) is 19.1 Å². The van der Waals surface area contributed by atoms with E-state index in [-0.39, 0.29) is 16.9 Å². The lowest BCUT2D eigenvalue weighted by Crippen LogP contribution is -2.14. The molecule has 0 aromatic heterocycles. The SMILES string of the molecule is CCOc1cc(/C=C(\C#N)C(=O)Nc2cc([N+](=O)[O-])ccc2C)cc(I)c1OC. The number of halogens is 1. The summed E-state index contributed by atoms with van der Waals surface area (Å²) >= 11 is 2.08. The number of rotatable bonds is 7. The molecular weight excluding hydrogens is 489 g/mol. The highest BCUT2D eigenvalue weighted by molar-refractivity contribution is 14.1. The van der Waals surface area contributed by atoms with E-state index in [1.165, 1.54) is 31.4 Å². The van der Waals surface area contributed by atoms with Crippen molar-refractivity contribution in [3.63, 3.8) is 0 Å². The van der Waals surface area contributed by atoms with Gasteiger partial charge in [0.2, 0.25) is 0 Å². The minimum absolute atomic E-state index is 0.153. The lowest BCUT2D eigenvalue weighted by atomic mass is 10.1. The number of ether oxygens (including phenoxy) is 2. The summed E-state index contributed by atoms with van der Waals surface area (Å²) in [5, 5.41) is 23.0. The molecular formula is C20H18IN3O5. The van der Waals surface area contributed by atoms with Gasteiger partial charge in [-0.3, -0.25) is 14.9 Å². The molecule has 9 heteroatoms. The van der Waals surface area contributed by atoms with Crippen LogP contribution in [0.15, 0.2) is 35.9 Å². The Kier molecular flexibility index (Phi) is 7.55. The summed E-state index contributed by atoms with van der Waals surface area (Å²) in [7, 11) is 1.53. The van der Waals surface area contributed by atoms with Gasteiger partial charge in [-0.2, -0.15) is 5.26 Å². The molecule has 0 aliphatic carbocycles. The number of anilines is 1. The first kappa shape index (κ1) is 22.2. The van der Waals surface area contributed by atoms with Crippen molar-refractivity contribution in [1.82, 2.24) is 0 Å². The van der Waals surface area contributed by atoms with Crippen molar-refractivity contribution in [2.45, 2.75) is 13.8 Å². The van der Waals surface area contributed by atoms with Crippen LogP contribution in [-0.4, -0.2) is 24.5 Å². The Morgan fingerprint density at radius 2 is 2.10 bits per heavy atom. The maximum Gasteiger partial charge on any atom is 0.271 e. The highest BCUT2D eigenvalue weighted by Gasteiger charge is 2.16. The minimum Gasteiger partial charge on any atom is -0.492 e. The van der Waals surface area contributed by atoms with Crippen LogP contribution >= 0.6 is 22.6 Å². The molecule has 8 nitrogen and oxygen atoms in total. The van der Waals surface area contributed by atoms with Gasteiger partial charge in [-0.15, -0.1) is 0 Å². The molecule has 0 spiro atoms. The molecule has 0 atom stereocenters. The predicted molar refractivity (Wildman–Crippen MR) is 117 cm³/mol. The monoisotopic (exact) mass is 507 g/mol. The Morgan fingerprint density at radius 1 is 1.38 bits per heavy atom. The maximum atomic E-state index is 12.6.